The van der Waals surface area contributed by atoms with Crippen LogP contribution in [0.1, 0.15) is 78.6 Å². The lowest BCUT2D eigenvalue weighted by atomic mass is 9.48. The summed E-state index contributed by atoms with van der Waals surface area (Å²) in [5.41, 5.74) is 1.65. The maximum atomic E-state index is 10.9. The van der Waals surface area contributed by atoms with Gasteiger partial charge in [-0.2, -0.15) is 0 Å². The van der Waals surface area contributed by atoms with Gasteiger partial charge in [-0.3, -0.25) is 0 Å². The molecule has 0 amide bonds. The van der Waals surface area contributed by atoms with Gasteiger partial charge in [0.25, 0.3) is 0 Å². The standard InChI is InChI=1S/C24H40O2/c1-5-16(2)21-8-9-22-20-7-6-17-14-24(25,15-26-4)13-11-18(17)19(20)10-12-23(21,22)3/h5,17-22,25H,6-15H2,1-4H3/b16-5+/t17-,18+,19-,20-,21-,22+,23-,24+/m1/s1. The van der Waals surface area contributed by atoms with Crippen LogP contribution in [0.25, 0.3) is 0 Å². The monoisotopic (exact) mass is 360 g/mol. The summed E-state index contributed by atoms with van der Waals surface area (Å²) in [6.45, 7) is 7.75. The summed E-state index contributed by atoms with van der Waals surface area (Å²) < 4.78 is 5.33. The van der Waals surface area contributed by atoms with Gasteiger partial charge in [-0.1, -0.05) is 18.6 Å². The lowest BCUT2D eigenvalue weighted by Gasteiger charge is -2.57. The van der Waals surface area contributed by atoms with Crippen molar-refractivity contribution in [3.8, 4) is 0 Å². The van der Waals surface area contributed by atoms with E-state index in [1.807, 2.05) is 0 Å². The van der Waals surface area contributed by atoms with Crippen molar-refractivity contribution in [3.63, 3.8) is 0 Å². The molecule has 0 aromatic rings. The summed E-state index contributed by atoms with van der Waals surface area (Å²) in [5, 5.41) is 10.9. The van der Waals surface area contributed by atoms with Gasteiger partial charge in [0.05, 0.1) is 12.2 Å². The molecule has 4 saturated carbocycles. The summed E-state index contributed by atoms with van der Waals surface area (Å²) in [6.07, 6.45) is 14.0. The van der Waals surface area contributed by atoms with Gasteiger partial charge in [-0.15, -0.1) is 0 Å². The van der Waals surface area contributed by atoms with Crippen molar-refractivity contribution < 1.29 is 9.84 Å². The number of fused-ring (bicyclic) bond motifs is 5. The van der Waals surface area contributed by atoms with Crippen LogP contribution >= 0.6 is 0 Å². The van der Waals surface area contributed by atoms with Gasteiger partial charge < -0.3 is 9.84 Å². The first kappa shape index (κ1) is 19.0. The van der Waals surface area contributed by atoms with Gasteiger partial charge in [0.15, 0.2) is 0 Å². The van der Waals surface area contributed by atoms with Crippen molar-refractivity contribution in [2.24, 2.45) is 40.9 Å². The molecule has 0 aromatic carbocycles. The molecule has 0 aliphatic heterocycles. The summed E-state index contributed by atoms with van der Waals surface area (Å²) in [5.74, 6) is 5.28. The van der Waals surface area contributed by atoms with Crippen molar-refractivity contribution in [1.29, 1.82) is 0 Å². The molecule has 4 fully saturated rings. The van der Waals surface area contributed by atoms with Gasteiger partial charge in [0.1, 0.15) is 0 Å². The molecule has 0 radical (unpaired) electrons. The Labute approximate surface area is 160 Å². The third kappa shape index (κ3) is 2.91. The minimum atomic E-state index is -0.548. The molecule has 0 spiro atoms. The molecule has 0 aromatic heterocycles. The minimum absolute atomic E-state index is 0.523. The van der Waals surface area contributed by atoms with Crippen LogP contribution in [-0.4, -0.2) is 24.4 Å². The number of hydrogen-bond donors (Lipinski definition) is 1. The highest BCUT2D eigenvalue weighted by molar-refractivity contribution is 5.15. The van der Waals surface area contributed by atoms with Gasteiger partial charge in [-0.25, -0.2) is 0 Å². The van der Waals surface area contributed by atoms with E-state index in [2.05, 4.69) is 26.8 Å². The van der Waals surface area contributed by atoms with E-state index in [-0.39, 0.29) is 0 Å². The smallest absolute Gasteiger partial charge is 0.0882 e. The van der Waals surface area contributed by atoms with Gasteiger partial charge in [-0.05, 0) is 113 Å². The van der Waals surface area contributed by atoms with Gasteiger partial charge >= 0.3 is 0 Å². The van der Waals surface area contributed by atoms with E-state index in [0.717, 1.165) is 48.3 Å². The van der Waals surface area contributed by atoms with E-state index < -0.39 is 5.60 Å². The lowest BCUT2D eigenvalue weighted by Crippen LogP contribution is -2.51. The SMILES string of the molecule is C/C=C(\C)[C@H]1CC[C@H]2[C@@H]3CC[C@@H]4C[C@](O)(COC)CC[C@@H]4[C@H]3CC[C@]12C. The molecule has 2 nitrogen and oxygen atoms in total. The van der Waals surface area contributed by atoms with Crippen LogP contribution in [0.5, 0.6) is 0 Å². The van der Waals surface area contributed by atoms with E-state index in [9.17, 15) is 5.11 Å². The largest absolute Gasteiger partial charge is 0.387 e. The van der Waals surface area contributed by atoms with Crippen LogP contribution in [-0.2, 0) is 4.74 Å². The molecule has 148 valence electrons. The summed E-state index contributed by atoms with van der Waals surface area (Å²) >= 11 is 0. The van der Waals surface area contributed by atoms with E-state index in [1.54, 1.807) is 12.7 Å². The highest BCUT2D eigenvalue weighted by Gasteiger charge is 2.57. The van der Waals surface area contributed by atoms with Crippen LogP contribution in [0.15, 0.2) is 11.6 Å². The van der Waals surface area contributed by atoms with E-state index in [1.165, 1.54) is 44.9 Å². The molecule has 0 unspecified atom stereocenters. The molecule has 8 atom stereocenters. The van der Waals surface area contributed by atoms with Crippen LogP contribution in [0.2, 0.25) is 0 Å². The molecular formula is C24H40O2. The summed E-state index contributed by atoms with van der Waals surface area (Å²) in [4.78, 5) is 0. The Morgan fingerprint density at radius 1 is 1.04 bits per heavy atom. The average Bonchev–Trinajstić information content (AvgIpc) is 2.98. The maximum absolute atomic E-state index is 10.9. The number of aliphatic hydroxyl groups is 1. The number of rotatable bonds is 3. The van der Waals surface area contributed by atoms with Crippen LogP contribution in [0, 0.1) is 40.9 Å². The second-order valence-electron chi connectivity index (χ2n) is 10.5. The fourth-order valence-corrected chi connectivity index (χ4v) is 8.31. The van der Waals surface area contributed by atoms with Crippen molar-refractivity contribution in [3.05, 3.63) is 11.6 Å². The number of ether oxygens (including phenoxy) is 1. The first-order valence-corrected chi connectivity index (χ1v) is 11.3. The molecular weight excluding hydrogens is 320 g/mol. The highest BCUT2D eigenvalue weighted by atomic mass is 16.5. The van der Waals surface area contributed by atoms with Gasteiger partial charge in [0.2, 0.25) is 0 Å². The van der Waals surface area contributed by atoms with Gasteiger partial charge in [0, 0.05) is 7.11 Å². The maximum Gasteiger partial charge on any atom is 0.0882 e. The lowest BCUT2D eigenvalue weighted by molar-refractivity contribution is -0.123. The van der Waals surface area contributed by atoms with Crippen LogP contribution in [0.3, 0.4) is 0 Å². The minimum Gasteiger partial charge on any atom is -0.387 e. The number of allylic oxidation sites excluding steroid dienone is 2. The Morgan fingerprint density at radius 3 is 2.54 bits per heavy atom. The molecule has 4 aliphatic carbocycles. The Bertz CT molecular complexity index is 554. The van der Waals surface area contributed by atoms with Crippen molar-refractivity contribution in [1.82, 2.24) is 0 Å². The highest BCUT2D eigenvalue weighted by Crippen LogP contribution is 2.65. The van der Waals surface area contributed by atoms with Crippen molar-refractivity contribution in [2.75, 3.05) is 13.7 Å². The zero-order chi connectivity index (χ0) is 18.5. The molecule has 4 aliphatic rings. The average molecular weight is 361 g/mol. The molecule has 26 heavy (non-hydrogen) atoms. The molecule has 4 rings (SSSR count). The Morgan fingerprint density at radius 2 is 1.81 bits per heavy atom. The fourth-order valence-electron chi connectivity index (χ4n) is 8.31. The summed E-state index contributed by atoms with van der Waals surface area (Å²) in [6, 6.07) is 0. The quantitative estimate of drug-likeness (QED) is 0.664. The van der Waals surface area contributed by atoms with Crippen LogP contribution < -0.4 is 0 Å². The van der Waals surface area contributed by atoms with E-state index in [4.69, 9.17) is 4.74 Å². The third-order valence-corrected chi connectivity index (χ3v) is 9.52. The second kappa shape index (κ2) is 6.92. The molecule has 0 heterocycles. The van der Waals surface area contributed by atoms with Crippen LogP contribution in [0.4, 0.5) is 0 Å². The Hall–Kier alpha value is -0.340. The van der Waals surface area contributed by atoms with Crippen molar-refractivity contribution >= 4 is 0 Å². The predicted octanol–water partition coefficient (Wildman–Crippen LogP) is 5.60. The fraction of sp³-hybridized carbons (Fsp3) is 0.917. The second-order valence-corrected chi connectivity index (χ2v) is 10.5. The first-order valence-electron chi connectivity index (χ1n) is 11.3. The van der Waals surface area contributed by atoms with E-state index >= 15 is 0 Å². The van der Waals surface area contributed by atoms with Crippen molar-refractivity contribution in [2.45, 2.75) is 84.2 Å². The third-order valence-electron chi connectivity index (χ3n) is 9.52. The summed E-state index contributed by atoms with van der Waals surface area (Å²) in [7, 11) is 1.73. The predicted molar refractivity (Wildman–Crippen MR) is 107 cm³/mol. The Balaban J connectivity index is 1.51. The number of methoxy groups -OCH3 is 1. The molecule has 1 N–H and O–H groups in total. The normalized spacial score (nSPS) is 51.5. The molecule has 2 heteroatoms. The zero-order valence-corrected chi connectivity index (χ0v) is 17.5. The number of hydrogen-bond acceptors (Lipinski definition) is 2. The first-order chi connectivity index (χ1) is 12.4. The Kier molecular flexibility index (Phi) is 5.06. The molecule has 0 saturated heterocycles. The zero-order valence-electron chi connectivity index (χ0n) is 17.5. The molecule has 0 bridgehead atoms. The topological polar surface area (TPSA) is 29.5 Å². The van der Waals surface area contributed by atoms with E-state index in [0.29, 0.717) is 12.0 Å².